The summed E-state index contributed by atoms with van der Waals surface area (Å²) in [4.78, 5) is 27.0. The SMILES string of the molecule is O=C(N1CC=C(C2Cc3c(Nc4ccc5ncsc5c4)ccnc3N2)CC1)C1(CN2CCCC2)CC1. The van der Waals surface area contributed by atoms with E-state index in [0.29, 0.717) is 5.91 Å². The summed E-state index contributed by atoms with van der Waals surface area (Å²) in [6.45, 7) is 4.86. The van der Waals surface area contributed by atoms with Gasteiger partial charge in [-0.15, -0.1) is 11.3 Å². The minimum absolute atomic E-state index is 0.0930. The van der Waals surface area contributed by atoms with Gasteiger partial charge in [-0.05, 0) is 75.0 Å². The van der Waals surface area contributed by atoms with Crippen molar-refractivity contribution in [1.29, 1.82) is 0 Å². The Hall–Kier alpha value is -2.97. The number of hydrogen-bond donors (Lipinski definition) is 2. The predicted octanol–water partition coefficient (Wildman–Crippen LogP) is 4.81. The number of aromatic nitrogens is 2. The summed E-state index contributed by atoms with van der Waals surface area (Å²) in [7, 11) is 0. The van der Waals surface area contributed by atoms with Crippen LogP contribution in [0, 0.1) is 5.41 Å². The van der Waals surface area contributed by atoms with Crippen LogP contribution in [0.4, 0.5) is 17.2 Å². The molecule has 1 aliphatic carbocycles. The third-order valence-electron chi connectivity index (χ3n) is 8.40. The van der Waals surface area contributed by atoms with Gasteiger partial charge in [0, 0.05) is 49.2 Å². The normalized spacial score (nSPS) is 22.8. The summed E-state index contributed by atoms with van der Waals surface area (Å²) in [6.07, 6.45) is 10.7. The third kappa shape index (κ3) is 4.06. The van der Waals surface area contributed by atoms with Crippen LogP contribution >= 0.6 is 11.3 Å². The highest BCUT2D eigenvalue weighted by atomic mass is 32.1. The van der Waals surface area contributed by atoms with E-state index in [1.807, 2.05) is 11.7 Å². The molecule has 1 saturated carbocycles. The quantitative estimate of drug-likeness (QED) is 0.474. The summed E-state index contributed by atoms with van der Waals surface area (Å²) >= 11 is 1.66. The summed E-state index contributed by atoms with van der Waals surface area (Å²) in [5.74, 6) is 1.35. The van der Waals surface area contributed by atoms with Gasteiger partial charge in [-0.2, -0.15) is 0 Å². The highest BCUT2D eigenvalue weighted by molar-refractivity contribution is 7.16. The highest BCUT2D eigenvalue weighted by Gasteiger charge is 2.52. The Kier molecular flexibility index (Phi) is 5.47. The van der Waals surface area contributed by atoms with Gasteiger partial charge < -0.3 is 20.4 Å². The summed E-state index contributed by atoms with van der Waals surface area (Å²) in [5, 5.41) is 7.26. The number of carbonyl (C=O) groups is 1. The maximum Gasteiger partial charge on any atom is 0.230 e. The fourth-order valence-electron chi connectivity index (χ4n) is 6.15. The fourth-order valence-corrected chi connectivity index (χ4v) is 6.87. The first kappa shape index (κ1) is 22.2. The molecule has 5 heterocycles. The lowest BCUT2D eigenvalue weighted by Gasteiger charge is -2.33. The Bertz CT molecular complexity index is 1340. The van der Waals surface area contributed by atoms with Crippen molar-refractivity contribution in [3.8, 4) is 0 Å². The monoisotopic (exact) mass is 500 g/mol. The average Bonchev–Trinajstić information content (AvgIpc) is 3.29. The zero-order valence-electron chi connectivity index (χ0n) is 20.5. The molecule has 7 rings (SSSR count). The van der Waals surface area contributed by atoms with Gasteiger partial charge in [0.1, 0.15) is 5.82 Å². The van der Waals surface area contributed by atoms with E-state index in [1.165, 1.54) is 28.7 Å². The standard InChI is InChI=1S/C28H32N6OS/c35-27(28(8-9-28)17-33-11-1-2-12-33)34-13-6-19(7-14-34)24-16-21-22(5-10-29-26(21)32-24)31-20-3-4-23-25(15-20)36-18-30-23/h3-6,10,15,18,24H,1-2,7-9,11-14,16-17H2,(H2,29,31,32). The smallest absolute Gasteiger partial charge is 0.230 e. The number of anilines is 3. The number of nitrogens with zero attached hydrogens (tertiary/aromatic N) is 4. The minimum atomic E-state index is -0.0930. The maximum atomic E-state index is 13.4. The lowest BCUT2D eigenvalue weighted by atomic mass is 9.95. The average molecular weight is 501 g/mol. The van der Waals surface area contributed by atoms with Gasteiger partial charge in [0.2, 0.25) is 5.91 Å². The van der Waals surface area contributed by atoms with Crippen LogP contribution in [0.5, 0.6) is 0 Å². The van der Waals surface area contributed by atoms with Crippen molar-refractivity contribution in [3.63, 3.8) is 0 Å². The van der Waals surface area contributed by atoms with Crippen LogP contribution in [0.25, 0.3) is 10.2 Å². The molecule has 1 saturated heterocycles. The largest absolute Gasteiger partial charge is 0.363 e. The maximum absolute atomic E-state index is 13.4. The van der Waals surface area contributed by atoms with Crippen LogP contribution in [0.2, 0.25) is 0 Å². The molecule has 0 radical (unpaired) electrons. The third-order valence-corrected chi connectivity index (χ3v) is 9.19. The highest BCUT2D eigenvalue weighted by Crippen LogP contribution is 2.48. The molecule has 2 aromatic heterocycles. The molecule has 1 amide bonds. The van der Waals surface area contributed by atoms with Crippen molar-refractivity contribution in [2.45, 2.75) is 44.6 Å². The first-order valence-electron chi connectivity index (χ1n) is 13.2. The molecule has 3 aromatic rings. The van der Waals surface area contributed by atoms with E-state index in [0.717, 1.165) is 81.1 Å². The summed E-state index contributed by atoms with van der Waals surface area (Å²) < 4.78 is 1.18. The fraction of sp³-hybridized carbons (Fsp3) is 0.464. The predicted molar refractivity (Wildman–Crippen MR) is 145 cm³/mol. The molecule has 1 aromatic carbocycles. The molecular formula is C28H32N6OS. The molecule has 2 fully saturated rings. The number of fused-ring (bicyclic) bond motifs is 2. The molecule has 3 aliphatic heterocycles. The number of thiazole rings is 1. The van der Waals surface area contributed by atoms with Crippen molar-refractivity contribution in [1.82, 2.24) is 19.8 Å². The number of benzene rings is 1. The van der Waals surface area contributed by atoms with Gasteiger partial charge >= 0.3 is 0 Å². The van der Waals surface area contributed by atoms with Crippen LogP contribution in [0.15, 0.2) is 47.6 Å². The van der Waals surface area contributed by atoms with Crippen LogP contribution in [-0.2, 0) is 11.2 Å². The molecule has 1 unspecified atom stereocenters. The summed E-state index contributed by atoms with van der Waals surface area (Å²) in [5.41, 5.74) is 7.63. The Morgan fingerprint density at radius 1 is 1.17 bits per heavy atom. The van der Waals surface area contributed by atoms with Gasteiger partial charge in [-0.25, -0.2) is 9.97 Å². The van der Waals surface area contributed by atoms with Crippen LogP contribution in [-0.4, -0.2) is 64.4 Å². The zero-order chi connectivity index (χ0) is 24.1. The first-order valence-corrected chi connectivity index (χ1v) is 14.1. The second-order valence-corrected chi connectivity index (χ2v) is 11.7. The van der Waals surface area contributed by atoms with Crippen molar-refractivity contribution < 1.29 is 4.79 Å². The van der Waals surface area contributed by atoms with Gasteiger partial charge in [-0.3, -0.25) is 4.79 Å². The Balaban J connectivity index is 1.02. The lowest BCUT2D eigenvalue weighted by Crippen LogP contribution is -2.45. The molecule has 7 nitrogen and oxygen atoms in total. The number of hydrogen-bond acceptors (Lipinski definition) is 7. The van der Waals surface area contributed by atoms with E-state index in [1.54, 1.807) is 11.3 Å². The van der Waals surface area contributed by atoms with Crippen molar-refractivity contribution in [2.75, 3.05) is 43.4 Å². The molecule has 8 heteroatoms. The second kappa shape index (κ2) is 8.85. The van der Waals surface area contributed by atoms with E-state index in [-0.39, 0.29) is 11.5 Å². The van der Waals surface area contributed by atoms with Gasteiger partial charge in [0.25, 0.3) is 0 Å². The minimum Gasteiger partial charge on any atom is -0.363 e. The number of amides is 1. The second-order valence-electron chi connectivity index (χ2n) is 10.8. The van der Waals surface area contributed by atoms with E-state index < -0.39 is 0 Å². The van der Waals surface area contributed by atoms with Crippen LogP contribution in [0.1, 0.15) is 37.7 Å². The van der Waals surface area contributed by atoms with E-state index in [9.17, 15) is 4.79 Å². The van der Waals surface area contributed by atoms with Crippen LogP contribution in [0.3, 0.4) is 0 Å². The van der Waals surface area contributed by atoms with Crippen molar-refractivity contribution in [3.05, 3.63) is 53.2 Å². The number of pyridine rings is 1. The number of nitrogens with one attached hydrogen (secondary N) is 2. The Labute approximate surface area is 215 Å². The van der Waals surface area contributed by atoms with Crippen LogP contribution < -0.4 is 10.6 Å². The molecule has 36 heavy (non-hydrogen) atoms. The topological polar surface area (TPSA) is 73.4 Å². The zero-order valence-corrected chi connectivity index (χ0v) is 21.3. The lowest BCUT2D eigenvalue weighted by molar-refractivity contribution is -0.137. The van der Waals surface area contributed by atoms with Gasteiger partial charge in [0.05, 0.1) is 27.2 Å². The first-order chi connectivity index (χ1) is 17.7. The van der Waals surface area contributed by atoms with Gasteiger partial charge in [-0.1, -0.05) is 6.08 Å². The van der Waals surface area contributed by atoms with E-state index in [2.05, 4.69) is 60.7 Å². The molecular weight excluding hydrogens is 468 g/mol. The Morgan fingerprint density at radius 2 is 2.06 bits per heavy atom. The van der Waals surface area contributed by atoms with Gasteiger partial charge in [0.15, 0.2) is 0 Å². The van der Waals surface area contributed by atoms with Crippen molar-refractivity contribution in [2.24, 2.45) is 5.41 Å². The molecule has 4 aliphatic rings. The number of likely N-dealkylation sites (tertiary alicyclic amines) is 1. The molecule has 0 spiro atoms. The molecule has 186 valence electrons. The molecule has 0 bridgehead atoms. The summed E-state index contributed by atoms with van der Waals surface area (Å²) in [6, 6.07) is 8.61. The van der Waals surface area contributed by atoms with E-state index in [4.69, 9.17) is 0 Å². The molecule has 1 atom stereocenters. The number of carbonyl (C=O) groups excluding carboxylic acids is 1. The Morgan fingerprint density at radius 3 is 2.86 bits per heavy atom. The number of rotatable bonds is 6. The molecule has 2 N–H and O–H groups in total. The van der Waals surface area contributed by atoms with E-state index >= 15 is 0 Å². The van der Waals surface area contributed by atoms with Crippen molar-refractivity contribution >= 4 is 44.7 Å².